The Morgan fingerprint density at radius 2 is 2.38 bits per heavy atom. The van der Waals surface area contributed by atoms with Gasteiger partial charge in [0, 0.05) is 13.1 Å². The van der Waals surface area contributed by atoms with E-state index in [0.29, 0.717) is 38.4 Å². The topological polar surface area (TPSA) is 74.7 Å². The van der Waals surface area contributed by atoms with Crippen molar-refractivity contribution in [1.82, 2.24) is 10.3 Å². The first kappa shape index (κ1) is 15.7. The molecule has 2 heterocycles. The Kier molecular flexibility index (Phi) is 5.52. The first-order valence-electron chi connectivity index (χ1n) is 7.43. The average molecular weight is 293 g/mol. The van der Waals surface area contributed by atoms with Gasteiger partial charge in [0.25, 0.3) is 0 Å². The molecule has 1 aromatic heterocycles. The Morgan fingerprint density at radius 3 is 3.00 bits per heavy atom. The van der Waals surface area contributed by atoms with E-state index in [2.05, 4.69) is 10.3 Å². The molecule has 0 saturated carbocycles. The molecule has 21 heavy (non-hydrogen) atoms. The van der Waals surface area contributed by atoms with Gasteiger partial charge in [-0.2, -0.15) is 0 Å². The smallest absolute Gasteiger partial charge is 0.245 e. The van der Waals surface area contributed by atoms with Crippen molar-refractivity contribution in [2.75, 3.05) is 31.2 Å². The predicted molar refractivity (Wildman–Crippen MR) is 80.1 cm³/mol. The van der Waals surface area contributed by atoms with Crippen LogP contribution in [0.5, 0.6) is 0 Å². The molecule has 116 valence electrons. The number of hydrogen-bond donors (Lipinski definition) is 2. The summed E-state index contributed by atoms with van der Waals surface area (Å²) in [5.74, 6) is -0.0325. The molecule has 0 bridgehead atoms. The number of carbonyl (C=O) groups is 1. The van der Waals surface area contributed by atoms with Crippen molar-refractivity contribution in [3.05, 3.63) is 24.0 Å². The number of morpholine rings is 1. The van der Waals surface area contributed by atoms with Crippen molar-refractivity contribution in [3.8, 4) is 0 Å². The van der Waals surface area contributed by atoms with Crippen LogP contribution in [0.15, 0.2) is 18.3 Å². The first-order chi connectivity index (χ1) is 10.2. The van der Waals surface area contributed by atoms with Crippen LogP contribution in [0, 0.1) is 0 Å². The predicted octanol–water partition coefficient (Wildman–Crippen LogP) is 0.866. The fraction of sp³-hybridized carbons (Fsp3) is 0.600. The van der Waals surface area contributed by atoms with Gasteiger partial charge in [0.2, 0.25) is 5.91 Å². The van der Waals surface area contributed by atoms with Crippen LogP contribution in [0.1, 0.15) is 32.1 Å². The van der Waals surface area contributed by atoms with Gasteiger partial charge in [-0.3, -0.25) is 9.78 Å². The van der Waals surface area contributed by atoms with Crippen LogP contribution in [0.2, 0.25) is 0 Å². The SMILES string of the molecule is CCNC(=O)C1COCCN1c1ccc([C@H](O)CC)nc1. The third kappa shape index (κ3) is 3.71. The van der Waals surface area contributed by atoms with Gasteiger partial charge in [0.1, 0.15) is 6.04 Å². The summed E-state index contributed by atoms with van der Waals surface area (Å²) in [4.78, 5) is 18.4. The van der Waals surface area contributed by atoms with Crippen LogP contribution in [-0.4, -0.2) is 48.3 Å². The Bertz CT molecular complexity index is 464. The van der Waals surface area contributed by atoms with E-state index in [1.807, 2.05) is 30.9 Å². The number of ether oxygens (including phenoxy) is 1. The molecule has 1 fully saturated rings. The van der Waals surface area contributed by atoms with Crippen molar-refractivity contribution in [1.29, 1.82) is 0 Å². The van der Waals surface area contributed by atoms with E-state index in [1.165, 1.54) is 0 Å². The zero-order valence-corrected chi connectivity index (χ0v) is 12.6. The van der Waals surface area contributed by atoms with Crippen LogP contribution < -0.4 is 10.2 Å². The Morgan fingerprint density at radius 1 is 1.57 bits per heavy atom. The van der Waals surface area contributed by atoms with Crippen LogP contribution in [0.3, 0.4) is 0 Å². The van der Waals surface area contributed by atoms with E-state index in [0.717, 1.165) is 5.69 Å². The standard InChI is InChI=1S/C15H23N3O3/c1-3-14(19)12-6-5-11(9-17-12)18-7-8-21-10-13(18)15(20)16-4-2/h5-6,9,13-14,19H,3-4,7-8,10H2,1-2H3,(H,16,20)/t13?,14-/m1/s1. The van der Waals surface area contributed by atoms with Gasteiger partial charge >= 0.3 is 0 Å². The minimum absolute atomic E-state index is 0.0325. The molecule has 1 aromatic rings. The molecular weight excluding hydrogens is 270 g/mol. The third-order valence-corrected chi connectivity index (χ3v) is 3.61. The van der Waals surface area contributed by atoms with Crippen molar-refractivity contribution >= 4 is 11.6 Å². The molecule has 6 nitrogen and oxygen atoms in total. The van der Waals surface area contributed by atoms with Crippen molar-refractivity contribution in [2.24, 2.45) is 0 Å². The molecular formula is C15H23N3O3. The van der Waals surface area contributed by atoms with Gasteiger partial charge in [-0.15, -0.1) is 0 Å². The summed E-state index contributed by atoms with van der Waals surface area (Å²) in [5.41, 5.74) is 1.53. The number of rotatable bonds is 5. The quantitative estimate of drug-likeness (QED) is 0.842. The van der Waals surface area contributed by atoms with E-state index < -0.39 is 6.10 Å². The summed E-state index contributed by atoms with van der Waals surface area (Å²) >= 11 is 0. The summed E-state index contributed by atoms with van der Waals surface area (Å²) in [5, 5.41) is 12.6. The van der Waals surface area contributed by atoms with E-state index in [-0.39, 0.29) is 11.9 Å². The van der Waals surface area contributed by atoms with Gasteiger partial charge in [-0.25, -0.2) is 0 Å². The van der Waals surface area contributed by atoms with E-state index >= 15 is 0 Å². The second kappa shape index (κ2) is 7.38. The number of carbonyl (C=O) groups excluding carboxylic acids is 1. The second-order valence-corrected chi connectivity index (χ2v) is 5.04. The molecule has 0 spiro atoms. The average Bonchev–Trinajstić information content (AvgIpc) is 2.54. The molecule has 0 aliphatic carbocycles. The fourth-order valence-electron chi connectivity index (χ4n) is 2.40. The maximum absolute atomic E-state index is 12.1. The summed E-state index contributed by atoms with van der Waals surface area (Å²) in [6.45, 7) is 6.03. The summed E-state index contributed by atoms with van der Waals surface area (Å²) in [7, 11) is 0. The van der Waals surface area contributed by atoms with Gasteiger partial charge in [0.05, 0.1) is 36.9 Å². The van der Waals surface area contributed by atoms with Crippen LogP contribution >= 0.6 is 0 Å². The highest BCUT2D eigenvalue weighted by atomic mass is 16.5. The van der Waals surface area contributed by atoms with Gasteiger partial charge < -0.3 is 20.1 Å². The lowest BCUT2D eigenvalue weighted by atomic mass is 10.1. The number of likely N-dealkylation sites (N-methyl/N-ethyl adjacent to an activating group) is 1. The van der Waals surface area contributed by atoms with Crippen molar-refractivity contribution < 1.29 is 14.6 Å². The number of nitrogens with zero attached hydrogens (tertiary/aromatic N) is 2. The van der Waals surface area contributed by atoms with Gasteiger partial charge in [-0.05, 0) is 25.5 Å². The molecule has 1 unspecified atom stereocenters. The Hall–Kier alpha value is -1.66. The molecule has 2 atom stereocenters. The number of aromatic nitrogens is 1. The van der Waals surface area contributed by atoms with Crippen LogP contribution in [-0.2, 0) is 9.53 Å². The van der Waals surface area contributed by atoms with E-state index in [4.69, 9.17) is 4.74 Å². The highest BCUT2D eigenvalue weighted by Crippen LogP contribution is 2.21. The molecule has 1 aliphatic rings. The van der Waals surface area contributed by atoms with Crippen LogP contribution in [0.4, 0.5) is 5.69 Å². The van der Waals surface area contributed by atoms with Crippen molar-refractivity contribution in [3.63, 3.8) is 0 Å². The number of aliphatic hydroxyl groups excluding tert-OH is 1. The zero-order valence-electron chi connectivity index (χ0n) is 12.6. The molecule has 1 saturated heterocycles. The number of pyridine rings is 1. The maximum atomic E-state index is 12.1. The molecule has 2 rings (SSSR count). The van der Waals surface area contributed by atoms with E-state index in [9.17, 15) is 9.90 Å². The highest BCUT2D eigenvalue weighted by Gasteiger charge is 2.29. The molecule has 1 amide bonds. The number of amides is 1. The number of hydrogen-bond acceptors (Lipinski definition) is 5. The number of nitrogens with one attached hydrogen (secondary N) is 1. The van der Waals surface area contributed by atoms with Crippen LogP contribution in [0.25, 0.3) is 0 Å². The van der Waals surface area contributed by atoms with Gasteiger partial charge in [0.15, 0.2) is 0 Å². The molecule has 1 aliphatic heterocycles. The lowest BCUT2D eigenvalue weighted by Gasteiger charge is -2.36. The highest BCUT2D eigenvalue weighted by molar-refractivity contribution is 5.85. The number of anilines is 1. The Balaban J connectivity index is 2.15. The largest absolute Gasteiger partial charge is 0.387 e. The zero-order chi connectivity index (χ0) is 15.2. The minimum Gasteiger partial charge on any atom is -0.387 e. The third-order valence-electron chi connectivity index (χ3n) is 3.61. The lowest BCUT2D eigenvalue weighted by Crippen LogP contribution is -2.54. The minimum atomic E-state index is -0.539. The molecule has 0 radical (unpaired) electrons. The lowest BCUT2D eigenvalue weighted by molar-refractivity contribution is -0.124. The summed E-state index contributed by atoms with van der Waals surface area (Å²) in [6, 6.07) is 3.38. The Labute approximate surface area is 125 Å². The molecule has 6 heteroatoms. The molecule has 0 aromatic carbocycles. The fourth-order valence-corrected chi connectivity index (χ4v) is 2.40. The first-order valence-corrected chi connectivity index (χ1v) is 7.43. The number of aliphatic hydroxyl groups is 1. The summed E-state index contributed by atoms with van der Waals surface area (Å²) < 4.78 is 5.42. The normalized spacial score (nSPS) is 20.1. The van der Waals surface area contributed by atoms with Crippen molar-refractivity contribution in [2.45, 2.75) is 32.4 Å². The maximum Gasteiger partial charge on any atom is 0.245 e. The second-order valence-electron chi connectivity index (χ2n) is 5.04. The van der Waals surface area contributed by atoms with Gasteiger partial charge in [-0.1, -0.05) is 6.92 Å². The monoisotopic (exact) mass is 293 g/mol. The van der Waals surface area contributed by atoms with E-state index in [1.54, 1.807) is 6.20 Å². The molecule has 2 N–H and O–H groups in total. The summed E-state index contributed by atoms with van der Waals surface area (Å²) in [6.07, 6.45) is 1.81.